The van der Waals surface area contributed by atoms with Gasteiger partial charge in [0.2, 0.25) is 0 Å². The van der Waals surface area contributed by atoms with Crippen molar-refractivity contribution in [2.45, 2.75) is 48.8 Å². The molecule has 0 bridgehead atoms. The van der Waals surface area contributed by atoms with Gasteiger partial charge in [-0.3, -0.25) is 0 Å². The molecule has 0 radical (unpaired) electrons. The lowest BCUT2D eigenvalue weighted by Crippen LogP contribution is -2.46. The largest absolute Gasteiger partial charge is 0.394 e. The van der Waals surface area contributed by atoms with Gasteiger partial charge < -0.3 is 60.7 Å². The van der Waals surface area contributed by atoms with E-state index >= 15 is 0 Å². The molecule has 24 heavy (non-hydrogen) atoms. The van der Waals surface area contributed by atoms with E-state index in [2.05, 4.69) is 0 Å². The fourth-order valence-electron chi connectivity index (χ4n) is 1.24. The second kappa shape index (κ2) is 13.3. The number of aliphatic hydroxyl groups is 10. The highest BCUT2D eigenvalue weighted by Gasteiger charge is 2.30. The lowest BCUT2D eigenvalue weighted by Gasteiger charge is -2.22. The molecule has 12 nitrogen and oxygen atoms in total. The number of hydrogen-bond acceptors (Lipinski definition) is 12. The summed E-state index contributed by atoms with van der Waals surface area (Å²) in [6, 6.07) is 0. The zero-order valence-corrected chi connectivity index (χ0v) is 12.5. The van der Waals surface area contributed by atoms with Gasteiger partial charge in [0.25, 0.3) is 0 Å². The van der Waals surface area contributed by atoms with Crippen molar-refractivity contribution in [2.24, 2.45) is 0 Å². The van der Waals surface area contributed by atoms with Gasteiger partial charge >= 0.3 is 0 Å². The molecule has 0 fully saturated rings. The molecule has 0 unspecified atom stereocenters. The van der Waals surface area contributed by atoms with E-state index in [1.807, 2.05) is 0 Å². The number of aldehydes is 2. The summed E-state index contributed by atoms with van der Waals surface area (Å²) in [5.41, 5.74) is 0. The van der Waals surface area contributed by atoms with E-state index in [0.717, 1.165) is 0 Å². The maximum Gasteiger partial charge on any atom is 0.151 e. The molecular formula is C12H24O12. The zero-order valence-electron chi connectivity index (χ0n) is 12.5. The maximum atomic E-state index is 9.90. The minimum atomic E-state index is -1.79. The predicted molar refractivity (Wildman–Crippen MR) is 74.4 cm³/mol. The second-order valence-electron chi connectivity index (χ2n) is 4.72. The van der Waals surface area contributed by atoms with Gasteiger partial charge in [-0.1, -0.05) is 0 Å². The first-order chi connectivity index (χ1) is 11.1. The smallest absolute Gasteiger partial charge is 0.151 e. The van der Waals surface area contributed by atoms with E-state index in [0.29, 0.717) is 0 Å². The molecule has 0 aliphatic carbocycles. The van der Waals surface area contributed by atoms with Crippen LogP contribution in [-0.4, -0.2) is 126 Å². The third-order valence-corrected chi connectivity index (χ3v) is 2.84. The lowest BCUT2D eigenvalue weighted by molar-refractivity contribution is -0.136. The molecule has 12 heteroatoms. The van der Waals surface area contributed by atoms with Crippen molar-refractivity contribution in [1.82, 2.24) is 0 Å². The van der Waals surface area contributed by atoms with Crippen LogP contribution < -0.4 is 0 Å². The van der Waals surface area contributed by atoms with Crippen molar-refractivity contribution in [2.75, 3.05) is 13.2 Å². The molecule has 0 saturated heterocycles. The van der Waals surface area contributed by atoms with Crippen LogP contribution in [-0.2, 0) is 9.59 Å². The maximum absolute atomic E-state index is 9.90. The summed E-state index contributed by atoms with van der Waals surface area (Å²) in [6.07, 6.45) is -13.7. The topological polar surface area (TPSA) is 236 Å². The van der Waals surface area contributed by atoms with E-state index in [-0.39, 0.29) is 12.6 Å². The van der Waals surface area contributed by atoms with Gasteiger partial charge in [0.05, 0.1) is 13.2 Å². The van der Waals surface area contributed by atoms with Crippen LogP contribution in [0.3, 0.4) is 0 Å². The van der Waals surface area contributed by atoms with Crippen molar-refractivity contribution < 1.29 is 60.7 Å². The first kappa shape index (κ1) is 25.2. The molecule has 0 spiro atoms. The summed E-state index contributed by atoms with van der Waals surface area (Å²) in [7, 11) is 0. The van der Waals surface area contributed by atoms with E-state index in [1.54, 1.807) is 0 Å². The van der Waals surface area contributed by atoms with Crippen LogP contribution in [0.2, 0.25) is 0 Å². The molecule has 0 aromatic carbocycles. The van der Waals surface area contributed by atoms with Gasteiger partial charge in [-0.15, -0.1) is 0 Å². The van der Waals surface area contributed by atoms with Crippen molar-refractivity contribution in [3.8, 4) is 0 Å². The molecule has 10 N–H and O–H groups in total. The molecular weight excluding hydrogens is 336 g/mol. The van der Waals surface area contributed by atoms with Crippen LogP contribution in [0.15, 0.2) is 0 Å². The number of carbonyl (C=O) groups is 2. The van der Waals surface area contributed by atoms with Gasteiger partial charge in [-0.05, 0) is 0 Å². The van der Waals surface area contributed by atoms with E-state index < -0.39 is 62.0 Å². The Morgan fingerprint density at radius 3 is 0.958 bits per heavy atom. The number of hydrogen-bond donors (Lipinski definition) is 10. The first-order valence-electron chi connectivity index (χ1n) is 6.65. The molecule has 0 heterocycles. The normalized spacial score (nSPS) is 21.1. The monoisotopic (exact) mass is 360 g/mol. The third kappa shape index (κ3) is 8.70. The Bertz CT molecular complexity index is 308. The summed E-state index contributed by atoms with van der Waals surface area (Å²) in [6.45, 7) is -1.52. The molecule has 0 aliphatic rings. The van der Waals surface area contributed by atoms with Gasteiger partial charge in [0.15, 0.2) is 12.6 Å². The van der Waals surface area contributed by atoms with Crippen LogP contribution in [0.4, 0.5) is 0 Å². The van der Waals surface area contributed by atoms with E-state index in [9.17, 15) is 9.59 Å². The van der Waals surface area contributed by atoms with Crippen LogP contribution in [0.25, 0.3) is 0 Å². The summed E-state index contributed by atoms with van der Waals surface area (Å²) in [4.78, 5) is 19.8. The van der Waals surface area contributed by atoms with Crippen LogP contribution in [0, 0.1) is 0 Å². The minimum Gasteiger partial charge on any atom is -0.394 e. The average molecular weight is 360 g/mol. The van der Waals surface area contributed by atoms with Crippen LogP contribution in [0.1, 0.15) is 0 Å². The number of aliphatic hydroxyl groups excluding tert-OH is 10. The highest BCUT2D eigenvalue weighted by atomic mass is 16.4. The highest BCUT2D eigenvalue weighted by molar-refractivity contribution is 5.57. The number of carbonyl (C=O) groups excluding carboxylic acids is 2. The zero-order chi connectivity index (χ0) is 19.4. The van der Waals surface area contributed by atoms with E-state index in [1.165, 1.54) is 0 Å². The molecule has 0 amide bonds. The Balaban J connectivity index is 0. The Labute approximate surface area is 136 Å². The summed E-state index contributed by atoms with van der Waals surface area (Å²) >= 11 is 0. The third-order valence-electron chi connectivity index (χ3n) is 2.84. The Hall–Kier alpha value is -1.06. The van der Waals surface area contributed by atoms with Gasteiger partial charge in [0.1, 0.15) is 48.8 Å². The molecule has 0 aromatic rings. The molecule has 0 aromatic heterocycles. The summed E-state index contributed by atoms with van der Waals surface area (Å²) in [5.74, 6) is 0. The van der Waals surface area contributed by atoms with Crippen molar-refractivity contribution in [1.29, 1.82) is 0 Å². The van der Waals surface area contributed by atoms with Crippen molar-refractivity contribution in [3.63, 3.8) is 0 Å². The van der Waals surface area contributed by atoms with Gasteiger partial charge in [-0.25, -0.2) is 0 Å². The van der Waals surface area contributed by atoms with Gasteiger partial charge in [-0.2, -0.15) is 0 Å². The first-order valence-corrected chi connectivity index (χ1v) is 6.65. The van der Waals surface area contributed by atoms with Gasteiger partial charge in [0, 0.05) is 0 Å². The highest BCUT2D eigenvalue weighted by Crippen LogP contribution is 2.03. The minimum absolute atomic E-state index is 0.0258. The molecule has 0 rings (SSSR count). The van der Waals surface area contributed by atoms with Crippen molar-refractivity contribution >= 4 is 12.6 Å². The van der Waals surface area contributed by atoms with Crippen LogP contribution >= 0.6 is 0 Å². The Morgan fingerprint density at radius 1 is 0.542 bits per heavy atom. The molecule has 144 valence electrons. The van der Waals surface area contributed by atoms with Crippen LogP contribution in [0.5, 0.6) is 0 Å². The number of rotatable bonds is 10. The van der Waals surface area contributed by atoms with E-state index in [4.69, 9.17) is 51.1 Å². The lowest BCUT2D eigenvalue weighted by atomic mass is 10.0. The molecule has 0 aliphatic heterocycles. The fraction of sp³-hybridized carbons (Fsp3) is 0.833. The molecule has 0 saturated carbocycles. The Kier molecular flexibility index (Phi) is 13.9. The quantitative estimate of drug-likeness (QED) is 0.164. The van der Waals surface area contributed by atoms with Crippen molar-refractivity contribution in [3.05, 3.63) is 0 Å². The fourth-order valence-corrected chi connectivity index (χ4v) is 1.24. The second-order valence-corrected chi connectivity index (χ2v) is 4.72. The predicted octanol–water partition coefficient (Wildman–Crippen LogP) is -6.76. The average Bonchev–Trinajstić information content (AvgIpc) is 2.62. The standard InChI is InChI=1S/2C6H12O6/c2*7-1-3(9)5(11)6(12)4(10)2-8/h2*1,3-6,8-12H,2H2/t2*3-,4+,5-,6-/m10/s1. The summed E-state index contributed by atoms with van der Waals surface area (Å²) in [5, 5.41) is 87.1. The SMILES string of the molecule is O=C[C@@H](O)[C@@H](O)[C@H](O)[C@@H](O)CO.O=C[C@H](O)[C@H](O)[C@@H](O)[C@H](O)CO. The molecule has 8 atom stereocenters. The Morgan fingerprint density at radius 2 is 0.792 bits per heavy atom. The summed E-state index contributed by atoms with van der Waals surface area (Å²) < 4.78 is 0.